The summed E-state index contributed by atoms with van der Waals surface area (Å²) in [5.74, 6) is 1.19. The van der Waals surface area contributed by atoms with Gasteiger partial charge in [0, 0.05) is 31.9 Å². The zero-order chi connectivity index (χ0) is 22.6. The molecule has 0 unspecified atom stereocenters. The summed E-state index contributed by atoms with van der Waals surface area (Å²) in [5, 5.41) is 8.91. The number of anilines is 2. The molecule has 5 rings (SSSR count). The van der Waals surface area contributed by atoms with E-state index in [0.717, 1.165) is 11.8 Å². The van der Waals surface area contributed by atoms with Crippen LogP contribution in [0.1, 0.15) is 23.6 Å². The van der Waals surface area contributed by atoms with Crippen molar-refractivity contribution in [3.8, 4) is 5.75 Å². The van der Waals surface area contributed by atoms with Crippen LogP contribution in [0.15, 0.2) is 18.2 Å². The number of hydrogen-bond acceptors (Lipinski definition) is 7. The molecular weight excluding hydrogens is 425 g/mol. The van der Waals surface area contributed by atoms with E-state index in [1.165, 1.54) is 9.20 Å². The predicted octanol–water partition coefficient (Wildman–Crippen LogP) is 2.62. The molecule has 1 aromatic carbocycles. The number of alkyl halides is 3. The Hall–Kier alpha value is -3.57. The van der Waals surface area contributed by atoms with Gasteiger partial charge < -0.3 is 15.4 Å². The minimum atomic E-state index is -4.51. The number of aromatic nitrogens is 6. The number of halogens is 3. The highest BCUT2D eigenvalue weighted by molar-refractivity contribution is 5.95. The summed E-state index contributed by atoms with van der Waals surface area (Å²) in [6.45, 7) is 0.839. The first kappa shape index (κ1) is 20.3. The summed E-state index contributed by atoms with van der Waals surface area (Å²) in [6, 6.07) is 5.45. The summed E-state index contributed by atoms with van der Waals surface area (Å²) >= 11 is 0. The van der Waals surface area contributed by atoms with Gasteiger partial charge in [0.1, 0.15) is 11.3 Å². The van der Waals surface area contributed by atoms with Crippen LogP contribution in [0.3, 0.4) is 0 Å². The largest absolute Gasteiger partial charge is 0.494 e. The Morgan fingerprint density at radius 1 is 1.19 bits per heavy atom. The van der Waals surface area contributed by atoms with Crippen molar-refractivity contribution < 1.29 is 17.9 Å². The maximum atomic E-state index is 13.6. The maximum absolute atomic E-state index is 13.6. The molecule has 168 valence electrons. The summed E-state index contributed by atoms with van der Waals surface area (Å²) in [6.07, 6.45) is -2.85. The molecule has 0 bridgehead atoms. The molecule has 0 spiro atoms. The second-order valence-corrected chi connectivity index (χ2v) is 7.70. The second-order valence-electron chi connectivity index (χ2n) is 7.70. The molecule has 2 N–H and O–H groups in total. The molecule has 9 nitrogen and oxygen atoms in total. The van der Waals surface area contributed by atoms with Gasteiger partial charge in [-0.3, -0.25) is 4.68 Å². The first-order valence-corrected chi connectivity index (χ1v) is 10.1. The Kier molecular flexibility index (Phi) is 4.60. The lowest BCUT2D eigenvalue weighted by Crippen LogP contribution is -2.33. The van der Waals surface area contributed by atoms with Crippen molar-refractivity contribution in [1.82, 2.24) is 29.4 Å². The highest BCUT2D eigenvalue weighted by Gasteiger charge is 2.41. The molecule has 0 amide bonds. The van der Waals surface area contributed by atoms with Crippen LogP contribution in [0, 0.1) is 0 Å². The third-order valence-corrected chi connectivity index (χ3v) is 5.72. The van der Waals surface area contributed by atoms with Crippen LogP contribution in [0.5, 0.6) is 5.75 Å². The molecule has 4 heterocycles. The maximum Gasteiger partial charge on any atom is 0.437 e. The van der Waals surface area contributed by atoms with Crippen molar-refractivity contribution in [2.75, 3.05) is 30.8 Å². The fourth-order valence-electron chi connectivity index (χ4n) is 4.30. The van der Waals surface area contributed by atoms with Crippen LogP contribution >= 0.6 is 0 Å². The summed E-state index contributed by atoms with van der Waals surface area (Å²) < 4.78 is 48.8. The SMILES string of the molecule is COc1cccc2c1nc(N)n1nc(CCN3CCCc4c3c(C(F)(F)F)nn4C)nc21. The lowest BCUT2D eigenvalue weighted by Gasteiger charge is -2.29. The van der Waals surface area contributed by atoms with E-state index < -0.39 is 11.9 Å². The molecule has 0 fully saturated rings. The third kappa shape index (κ3) is 3.17. The third-order valence-electron chi connectivity index (χ3n) is 5.72. The van der Waals surface area contributed by atoms with Crippen LogP contribution in [0.4, 0.5) is 24.8 Å². The van der Waals surface area contributed by atoms with Gasteiger partial charge in [0.15, 0.2) is 17.2 Å². The lowest BCUT2D eigenvalue weighted by molar-refractivity contribution is -0.141. The van der Waals surface area contributed by atoms with E-state index in [1.54, 1.807) is 25.1 Å². The van der Waals surface area contributed by atoms with Crippen LogP contribution < -0.4 is 15.4 Å². The monoisotopic (exact) mass is 446 g/mol. The van der Waals surface area contributed by atoms with E-state index >= 15 is 0 Å². The molecule has 0 saturated carbocycles. The number of aryl methyl sites for hydroxylation is 1. The number of para-hydroxylation sites is 1. The number of nitrogen functional groups attached to an aromatic ring is 1. The van der Waals surface area contributed by atoms with Crippen molar-refractivity contribution in [1.29, 1.82) is 0 Å². The van der Waals surface area contributed by atoms with Crippen molar-refractivity contribution in [3.63, 3.8) is 0 Å². The molecule has 3 aromatic heterocycles. The fourth-order valence-corrected chi connectivity index (χ4v) is 4.30. The second kappa shape index (κ2) is 7.24. The van der Waals surface area contributed by atoms with Crippen molar-refractivity contribution >= 4 is 28.2 Å². The number of fused-ring (bicyclic) bond motifs is 4. The summed E-state index contributed by atoms with van der Waals surface area (Å²) in [4.78, 5) is 10.7. The first-order chi connectivity index (χ1) is 15.3. The van der Waals surface area contributed by atoms with Crippen LogP contribution in [0.2, 0.25) is 0 Å². The van der Waals surface area contributed by atoms with Gasteiger partial charge in [-0.2, -0.15) is 22.8 Å². The van der Waals surface area contributed by atoms with Gasteiger partial charge in [-0.25, -0.2) is 9.97 Å². The molecule has 0 aliphatic carbocycles. The Morgan fingerprint density at radius 2 is 2.00 bits per heavy atom. The zero-order valence-corrected chi connectivity index (χ0v) is 17.5. The molecule has 0 atom stereocenters. The topological polar surface area (TPSA) is 99.4 Å². The molecule has 0 saturated heterocycles. The van der Waals surface area contributed by atoms with Crippen molar-refractivity contribution in [3.05, 3.63) is 35.4 Å². The standard InChI is InChI=1S/C20H21F3N8O/c1-29-12-6-4-9-30(16(12)17(28-29)20(21,22)23)10-8-14-25-18-11-5-3-7-13(32-2)15(11)26-19(24)31(18)27-14/h3,5,7H,4,6,8-10H2,1-2H3,(H2,24,26). The molecule has 12 heteroatoms. The van der Waals surface area contributed by atoms with Gasteiger partial charge >= 0.3 is 6.18 Å². The normalized spacial score (nSPS) is 14.3. The minimum Gasteiger partial charge on any atom is -0.494 e. The number of ether oxygens (including phenoxy) is 1. The lowest BCUT2D eigenvalue weighted by atomic mass is 10.1. The smallest absolute Gasteiger partial charge is 0.437 e. The first-order valence-electron chi connectivity index (χ1n) is 10.1. The van der Waals surface area contributed by atoms with E-state index in [4.69, 9.17) is 10.5 Å². The Bertz CT molecular complexity index is 1330. The summed E-state index contributed by atoms with van der Waals surface area (Å²) in [7, 11) is 3.10. The highest BCUT2D eigenvalue weighted by atomic mass is 19.4. The number of methoxy groups -OCH3 is 1. The van der Waals surface area contributed by atoms with E-state index in [-0.39, 0.29) is 11.6 Å². The highest BCUT2D eigenvalue weighted by Crippen LogP contribution is 2.40. The summed E-state index contributed by atoms with van der Waals surface area (Å²) in [5.41, 5.74) is 7.09. The van der Waals surface area contributed by atoms with Gasteiger partial charge in [-0.1, -0.05) is 6.07 Å². The average Bonchev–Trinajstić information content (AvgIpc) is 3.34. The van der Waals surface area contributed by atoms with Gasteiger partial charge in [0.25, 0.3) is 0 Å². The Balaban J connectivity index is 1.49. The van der Waals surface area contributed by atoms with Gasteiger partial charge in [0.2, 0.25) is 5.95 Å². The number of nitrogens with zero attached hydrogens (tertiary/aromatic N) is 7. The Morgan fingerprint density at radius 3 is 2.75 bits per heavy atom. The zero-order valence-electron chi connectivity index (χ0n) is 17.5. The number of nitrogens with two attached hydrogens (primary N) is 1. The van der Waals surface area contributed by atoms with Crippen LogP contribution in [-0.2, 0) is 26.1 Å². The van der Waals surface area contributed by atoms with Crippen LogP contribution in [-0.4, -0.2) is 49.6 Å². The van der Waals surface area contributed by atoms with Gasteiger partial charge in [0.05, 0.1) is 18.5 Å². The predicted molar refractivity (Wildman–Crippen MR) is 112 cm³/mol. The molecule has 1 aliphatic heterocycles. The van der Waals surface area contributed by atoms with Gasteiger partial charge in [-0.15, -0.1) is 5.10 Å². The van der Waals surface area contributed by atoms with Crippen LogP contribution in [0.25, 0.3) is 16.6 Å². The van der Waals surface area contributed by atoms with Gasteiger partial charge in [-0.05, 0) is 25.0 Å². The van der Waals surface area contributed by atoms with Crippen molar-refractivity contribution in [2.24, 2.45) is 7.05 Å². The molecule has 1 aliphatic rings. The van der Waals surface area contributed by atoms with E-state index in [1.807, 2.05) is 12.1 Å². The quantitative estimate of drug-likeness (QED) is 0.514. The molecule has 4 aromatic rings. The Labute approximate surface area is 180 Å². The molecule has 0 radical (unpaired) electrons. The number of hydrogen-bond donors (Lipinski definition) is 1. The average molecular weight is 446 g/mol. The van der Waals surface area contributed by atoms with E-state index in [9.17, 15) is 13.2 Å². The van der Waals surface area contributed by atoms with Crippen molar-refractivity contribution in [2.45, 2.75) is 25.4 Å². The van der Waals surface area contributed by atoms with E-state index in [2.05, 4.69) is 20.2 Å². The number of rotatable bonds is 4. The fraction of sp³-hybridized carbons (Fsp3) is 0.400. The number of benzene rings is 1. The molecule has 32 heavy (non-hydrogen) atoms. The molecular formula is C20H21F3N8O. The van der Waals surface area contributed by atoms with E-state index in [0.29, 0.717) is 54.4 Å². The minimum absolute atomic E-state index is 0.155.